The van der Waals surface area contributed by atoms with Gasteiger partial charge in [-0.15, -0.1) is 0 Å². The summed E-state index contributed by atoms with van der Waals surface area (Å²) in [4.78, 5) is 61.2. The Morgan fingerprint density at radius 2 is 1.59 bits per heavy atom. The number of nitrogens with one attached hydrogen (secondary N) is 3. The normalized spacial score (nSPS) is 14.6. The fourth-order valence-electron chi connectivity index (χ4n) is 2.78. The van der Waals surface area contributed by atoms with Crippen molar-refractivity contribution in [3.8, 4) is 0 Å². The van der Waals surface area contributed by atoms with Crippen LogP contribution in [0.3, 0.4) is 0 Å². The number of rotatable bonds is 17. The molecular formula is C21H33N5O8. The Morgan fingerprint density at radius 3 is 2.09 bits per heavy atom. The fraction of sp³-hybridized carbons (Fsp3) is 0.524. The number of carboxylic acids is 3. The Balaban J connectivity index is 4.61. The van der Waals surface area contributed by atoms with Crippen LogP contribution >= 0.6 is 0 Å². The molecule has 0 aliphatic carbocycles. The van der Waals surface area contributed by atoms with E-state index in [9.17, 15) is 29.1 Å². The zero-order chi connectivity index (χ0) is 26.1. The summed E-state index contributed by atoms with van der Waals surface area (Å²) >= 11 is 0. The van der Waals surface area contributed by atoms with Crippen LogP contribution in [0.4, 0.5) is 4.79 Å². The maximum absolute atomic E-state index is 12.2. The summed E-state index contributed by atoms with van der Waals surface area (Å²) in [6.45, 7) is 5.62. The van der Waals surface area contributed by atoms with Gasteiger partial charge in [0.25, 0.3) is 0 Å². The molecule has 0 aromatic heterocycles. The van der Waals surface area contributed by atoms with Crippen LogP contribution in [0, 0.1) is 11.8 Å². The lowest BCUT2D eigenvalue weighted by Crippen LogP contribution is -2.51. The molecule has 0 aromatic rings. The molecule has 0 radical (unpaired) electrons. The smallest absolute Gasteiger partial charge is 0.326 e. The molecular weight excluding hydrogens is 450 g/mol. The van der Waals surface area contributed by atoms with Crippen molar-refractivity contribution >= 4 is 36.1 Å². The van der Waals surface area contributed by atoms with Gasteiger partial charge < -0.3 is 37.0 Å². The predicted molar refractivity (Wildman–Crippen MR) is 123 cm³/mol. The molecule has 0 spiro atoms. The summed E-state index contributed by atoms with van der Waals surface area (Å²) in [7, 11) is 0. The molecule has 8 N–H and O–H groups in total. The van der Waals surface area contributed by atoms with E-state index in [1.165, 1.54) is 24.7 Å². The molecule has 0 aromatic carbocycles. The number of amides is 3. The van der Waals surface area contributed by atoms with Gasteiger partial charge in [0.1, 0.15) is 12.1 Å². The Kier molecular flexibility index (Phi) is 14.8. The van der Waals surface area contributed by atoms with Crippen LogP contribution < -0.4 is 21.7 Å². The monoisotopic (exact) mass is 483 g/mol. The molecule has 0 fully saturated rings. The van der Waals surface area contributed by atoms with Crippen molar-refractivity contribution in [3.63, 3.8) is 0 Å². The number of hydrogen-bond acceptors (Lipinski definition) is 7. The Labute approximate surface area is 197 Å². The molecule has 0 saturated carbocycles. The highest BCUT2D eigenvalue weighted by Gasteiger charge is 2.25. The molecule has 0 rings (SSSR count). The van der Waals surface area contributed by atoms with Crippen molar-refractivity contribution in [1.82, 2.24) is 16.0 Å². The van der Waals surface area contributed by atoms with Crippen LogP contribution in [0.25, 0.3) is 0 Å². The van der Waals surface area contributed by atoms with Gasteiger partial charge in [0.2, 0.25) is 5.91 Å². The summed E-state index contributed by atoms with van der Waals surface area (Å²) in [6, 6.07) is -3.76. The second-order valence-corrected chi connectivity index (χ2v) is 7.50. The summed E-state index contributed by atoms with van der Waals surface area (Å²) in [5, 5.41) is 34.1. The summed E-state index contributed by atoms with van der Waals surface area (Å²) in [6.07, 6.45) is 5.58. The van der Waals surface area contributed by atoms with Gasteiger partial charge in [-0.25, -0.2) is 14.4 Å². The minimum Gasteiger partial charge on any atom is -0.481 e. The number of hydrogen-bond donors (Lipinski definition) is 7. The summed E-state index contributed by atoms with van der Waals surface area (Å²) in [5.41, 5.74) is 5.33. The SMILES string of the molecule is C=CN=CC(/C=C\N)C(=O)NCC(C)CCC[C@H](NC(=O)N[C@@H](CCC(=O)O)C(=O)O)C(=O)O. The van der Waals surface area contributed by atoms with E-state index in [2.05, 4.69) is 27.5 Å². The lowest BCUT2D eigenvalue weighted by atomic mass is 10.0. The molecule has 13 nitrogen and oxygen atoms in total. The Morgan fingerprint density at radius 1 is 1.00 bits per heavy atom. The summed E-state index contributed by atoms with van der Waals surface area (Å²) in [5.74, 6) is -4.92. The van der Waals surface area contributed by atoms with Gasteiger partial charge in [0, 0.05) is 25.4 Å². The largest absolute Gasteiger partial charge is 0.481 e. The first-order valence-corrected chi connectivity index (χ1v) is 10.6. The van der Waals surface area contributed by atoms with E-state index in [1.807, 2.05) is 6.92 Å². The molecule has 0 aliphatic rings. The number of nitrogens with two attached hydrogens (primary N) is 1. The Hall–Kier alpha value is -3.90. The first-order valence-electron chi connectivity index (χ1n) is 10.6. The van der Waals surface area contributed by atoms with Gasteiger partial charge >= 0.3 is 23.9 Å². The highest BCUT2D eigenvalue weighted by Crippen LogP contribution is 2.10. The molecule has 0 heterocycles. The van der Waals surface area contributed by atoms with E-state index >= 15 is 0 Å². The second-order valence-electron chi connectivity index (χ2n) is 7.50. The van der Waals surface area contributed by atoms with Crippen LogP contribution in [-0.4, -0.2) is 70.0 Å². The molecule has 2 unspecified atom stereocenters. The lowest BCUT2D eigenvalue weighted by molar-refractivity contribution is -0.141. The first-order chi connectivity index (χ1) is 16.0. The van der Waals surface area contributed by atoms with Crippen molar-refractivity contribution in [1.29, 1.82) is 0 Å². The van der Waals surface area contributed by atoms with Crippen molar-refractivity contribution in [2.24, 2.45) is 22.6 Å². The van der Waals surface area contributed by atoms with Crippen LogP contribution in [0.5, 0.6) is 0 Å². The third kappa shape index (κ3) is 13.5. The minimum atomic E-state index is -1.47. The number of carboxylic acid groups (broad SMARTS) is 3. The molecule has 34 heavy (non-hydrogen) atoms. The number of carbonyl (C=O) groups is 5. The molecule has 3 amide bonds. The van der Waals surface area contributed by atoms with Crippen molar-refractivity contribution < 1.29 is 39.3 Å². The third-order valence-corrected chi connectivity index (χ3v) is 4.64. The van der Waals surface area contributed by atoms with Gasteiger partial charge in [0.05, 0.1) is 5.92 Å². The standard InChI is InChI=1S/C21H33N5O8/c1-3-23-12-14(9-10-22)18(29)24-11-13(2)5-4-6-15(19(30)31)25-21(34)26-16(20(32)33)7-8-17(27)28/h3,9-10,12-16H,1,4-8,11,22H2,2H3,(H,24,29)(H,27,28)(H,30,31)(H,32,33)(H2,25,26,34)/b10-9-,23-12?/t13?,14?,15-,16-/m0/s1. The molecule has 4 atom stereocenters. The average molecular weight is 484 g/mol. The number of carbonyl (C=O) groups excluding carboxylic acids is 2. The molecule has 13 heteroatoms. The van der Waals surface area contributed by atoms with Crippen molar-refractivity contribution in [2.75, 3.05) is 6.54 Å². The third-order valence-electron chi connectivity index (χ3n) is 4.64. The van der Waals surface area contributed by atoms with Crippen LogP contribution in [0.1, 0.15) is 39.0 Å². The average Bonchev–Trinajstić information content (AvgIpc) is 2.76. The molecule has 0 saturated heterocycles. The minimum absolute atomic E-state index is 0.00141. The fourth-order valence-corrected chi connectivity index (χ4v) is 2.78. The maximum Gasteiger partial charge on any atom is 0.326 e. The number of aliphatic carboxylic acids is 3. The number of urea groups is 1. The van der Waals surface area contributed by atoms with E-state index in [0.717, 1.165) is 0 Å². The summed E-state index contributed by atoms with van der Waals surface area (Å²) < 4.78 is 0. The predicted octanol–water partition coefficient (Wildman–Crippen LogP) is 0.282. The molecule has 0 aliphatic heterocycles. The van der Waals surface area contributed by atoms with Crippen LogP contribution in [0.2, 0.25) is 0 Å². The van der Waals surface area contributed by atoms with Gasteiger partial charge in [0.15, 0.2) is 0 Å². The number of nitrogens with zero attached hydrogens (tertiary/aromatic N) is 1. The van der Waals surface area contributed by atoms with Gasteiger partial charge in [-0.3, -0.25) is 14.6 Å². The molecule has 190 valence electrons. The topological polar surface area (TPSA) is 221 Å². The Bertz CT molecular complexity index is 783. The van der Waals surface area contributed by atoms with Gasteiger partial charge in [-0.2, -0.15) is 0 Å². The van der Waals surface area contributed by atoms with Gasteiger partial charge in [-0.05, 0) is 31.4 Å². The van der Waals surface area contributed by atoms with E-state index < -0.39 is 48.4 Å². The maximum atomic E-state index is 12.2. The van der Waals surface area contributed by atoms with Crippen molar-refractivity contribution in [2.45, 2.75) is 51.1 Å². The lowest BCUT2D eigenvalue weighted by Gasteiger charge is -2.19. The van der Waals surface area contributed by atoms with E-state index in [1.54, 1.807) is 0 Å². The van der Waals surface area contributed by atoms with E-state index in [-0.39, 0.29) is 24.7 Å². The highest BCUT2D eigenvalue weighted by molar-refractivity contribution is 5.95. The first kappa shape index (κ1) is 30.1. The van der Waals surface area contributed by atoms with E-state index in [4.69, 9.17) is 15.9 Å². The quantitative estimate of drug-likeness (QED) is 0.141. The van der Waals surface area contributed by atoms with E-state index in [0.29, 0.717) is 19.4 Å². The zero-order valence-corrected chi connectivity index (χ0v) is 19.0. The number of aliphatic imine (C=N–C) groups is 1. The van der Waals surface area contributed by atoms with Crippen LogP contribution in [-0.2, 0) is 19.2 Å². The zero-order valence-electron chi connectivity index (χ0n) is 19.0. The van der Waals surface area contributed by atoms with Crippen molar-refractivity contribution in [3.05, 3.63) is 25.1 Å². The van der Waals surface area contributed by atoms with Crippen LogP contribution in [0.15, 0.2) is 30.0 Å². The second kappa shape index (κ2) is 16.7. The van der Waals surface area contributed by atoms with Gasteiger partial charge in [-0.1, -0.05) is 26.0 Å². The highest BCUT2D eigenvalue weighted by atomic mass is 16.4. The molecule has 0 bridgehead atoms.